The van der Waals surface area contributed by atoms with Crippen molar-refractivity contribution < 1.29 is 12.8 Å². The zero-order valence-electron chi connectivity index (χ0n) is 11.8. The highest BCUT2D eigenvalue weighted by molar-refractivity contribution is 7.89. The molecule has 0 amide bonds. The molecule has 2 unspecified atom stereocenters. The number of hydrogen-bond acceptors (Lipinski definition) is 3. The lowest BCUT2D eigenvalue weighted by Gasteiger charge is -2.09. The smallest absolute Gasteiger partial charge is 0.243 e. The Morgan fingerprint density at radius 2 is 2.15 bits per heavy atom. The zero-order chi connectivity index (χ0) is 14.8. The van der Waals surface area contributed by atoms with Crippen molar-refractivity contribution in [2.45, 2.75) is 43.7 Å². The summed E-state index contributed by atoms with van der Waals surface area (Å²) in [6.07, 6.45) is 2.90. The monoisotopic (exact) mass is 300 g/mol. The quantitative estimate of drug-likeness (QED) is 0.810. The average molecular weight is 300 g/mol. The number of nitrogens with one attached hydrogen (secondary N) is 2. The van der Waals surface area contributed by atoms with Gasteiger partial charge in [-0.15, -0.1) is 0 Å². The summed E-state index contributed by atoms with van der Waals surface area (Å²) in [5.41, 5.74) is 0.746. The first-order chi connectivity index (χ1) is 9.47. The third kappa shape index (κ3) is 3.56. The molecule has 0 saturated heterocycles. The Labute approximate surface area is 119 Å². The lowest BCUT2D eigenvalue weighted by molar-refractivity contribution is 0.551. The van der Waals surface area contributed by atoms with Crippen LogP contribution < -0.4 is 10.0 Å². The second kappa shape index (κ2) is 6.20. The molecule has 0 aromatic heterocycles. The largest absolute Gasteiger partial charge is 0.316 e. The molecule has 0 aliphatic heterocycles. The normalized spacial score (nSPS) is 21.9. The third-order valence-corrected chi connectivity index (χ3v) is 5.06. The average Bonchev–Trinajstić information content (AvgIpc) is 3.09. The van der Waals surface area contributed by atoms with Gasteiger partial charge in [-0.25, -0.2) is 17.5 Å². The van der Waals surface area contributed by atoms with E-state index in [1.165, 1.54) is 12.1 Å². The SMILES string of the molecule is CCCC1CC1NS(=O)(=O)c1cc(CNC)ccc1F. The van der Waals surface area contributed by atoms with E-state index < -0.39 is 15.8 Å². The number of hydrogen-bond donors (Lipinski definition) is 2. The fourth-order valence-corrected chi connectivity index (χ4v) is 3.86. The van der Waals surface area contributed by atoms with Gasteiger partial charge in [-0.1, -0.05) is 19.4 Å². The summed E-state index contributed by atoms with van der Waals surface area (Å²) in [4.78, 5) is -0.257. The molecule has 2 atom stereocenters. The first-order valence-corrected chi connectivity index (χ1v) is 8.41. The van der Waals surface area contributed by atoms with E-state index in [2.05, 4.69) is 17.0 Å². The van der Waals surface area contributed by atoms with E-state index in [1.54, 1.807) is 13.1 Å². The third-order valence-electron chi connectivity index (χ3n) is 3.55. The molecule has 1 aliphatic carbocycles. The van der Waals surface area contributed by atoms with Crippen LogP contribution >= 0.6 is 0 Å². The van der Waals surface area contributed by atoms with Crippen LogP contribution in [0.1, 0.15) is 31.7 Å². The van der Waals surface area contributed by atoms with E-state index >= 15 is 0 Å². The number of benzene rings is 1. The highest BCUT2D eigenvalue weighted by atomic mass is 32.2. The van der Waals surface area contributed by atoms with Gasteiger partial charge in [-0.3, -0.25) is 0 Å². The van der Waals surface area contributed by atoms with Crippen molar-refractivity contribution in [3.63, 3.8) is 0 Å². The molecule has 0 bridgehead atoms. The number of rotatable bonds is 7. The molecule has 2 rings (SSSR count). The van der Waals surface area contributed by atoms with Gasteiger partial charge in [-0.05, 0) is 43.5 Å². The minimum Gasteiger partial charge on any atom is -0.316 e. The molecule has 0 radical (unpaired) electrons. The summed E-state index contributed by atoms with van der Waals surface area (Å²) in [5.74, 6) is -0.302. The Morgan fingerprint density at radius 3 is 2.80 bits per heavy atom. The maximum absolute atomic E-state index is 13.8. The second-order valence-corrected chi connectivity index (χ2v) is 6.99. The van der Waals surface area contributed by atoms with Crippen LogP contribution in [0.5, 0.6) is 0 Å². The van der Waals surface area contributed by atoms with Crippen molar-refractivity contribution >= 4 is 10.0 Å². The van der Waals surface area contributed by atoms with E-state index in [0.717, 1.165) is 24.8 Å². The van der Waals surface area contributed by atoms with Gasteiger partial charge in [-0.2, -0.15) is 0 Å². The van der Waals surface area contributed by atoms with E-state index in [-0.39, 0.29) is 10.9 Å². The minimum absolute atomic E-state index is 0.0349. The first kappa shape index (κ1) is 15.4. The first-order valence-electron chi connectivity index (χ1n) is 6.93. The predicted octanol–water partition coefficient (Wildman–Crippen LogP) is 2.01. The molecule has 1 aromatic carbocycles. The minimum atomic E-state index is -3.77. The Hall–Kier alpha value is -0.980. The van der Waals surface area contributed by atoms with E-state index in [9.17, 15) is 12.8 Å². The lowest BCUT2D eigenvalue weighted by Crippen LogP contribution is -2.28. The maximum Gasteiger partial charge on any atom is 0.243 e. The molecule has 6 heteroatoms. The predicted molar refractivity (Wildman–Crippen MR) is 76.3 cm³/mol. The van der Waals surface area contributed by atoms with Gasteiger partial charge in [0, 0.05) is 12.6 Å². The molecule has 0 spiro atoms. The second-order valence-electron chi connectivity index (χ2n) is 5.31. The van der Waals surface area contributed by atoms with E-state index in [1.807, 2.05) is 0 Å². The van der Waals surface area contributed by atoms with Gasteiger partial charge in [0.1, 0.15) is 10.7 Å². The van der Waals surface area contributed by atoms with Crippen molar-refractivity contribution in [2.75, 3.05) is 7.05 Å². The Kier molecular flexibility index (Phi) is 4.78. The van der Waals surface area contributed by atoms with Crippen molar-refractivity contribution in [3.05, 3.63) is 29.6 Å². The molecular weight excluding hydrogens is 279 g/mol. The van der Waals surface area contributed by atoms with E-state index in [0.29, 0.717) is 12.5 Å². The van der Waals surface area contributed by atoms with Gasteiger partial charge in [0.25, 0.3) is 0 Å². The molecule has 20 heavy (non-hydrogen) atoms. The van der Waals surface area contributed by atoms with Crippen LogP contribution in [0.15, 0.2) is 23.1 Å². The fraction of sp³-hybridized carbons (Fsp3) is 0.571. The molecule has 112 valence electrons. The Bertz CT molecular complexity index is 575. The van der Waals surface area contributed by atoms with Crippen LogP contribution in [0.4, 0.5) is 4.39 Å². The van der Waals surface area contributed by atoms with Gasteiger partial charge < -0.3 is 5.32 Å². The summed E-state index contributed by atoms with van der Waals surface area (Å²) in [6.45, 7) is 2.58. The Balaban J connectivity index is 2.15. The van der Waals surface area contributed by atoms with Crippen LogP contribution in [0.2, 0.25) is 0 Å². The Morgan fingerprint density at radius 1 is 1.40 bits per heavy atom. The number of halogens is 1. The van der Waals surface area contributed by atoms with Gasteiger partial charge >= 0.3 is 0 Å². The summed E-state index contributed by atoms with van der Waals surface area (Å²) in [7, 11) is -2.01. The van der Waals surface area contributed by atoms with Gasteiger partial charge in [0.05, 0.1) is 0 Å². The van der Waals surface area contributed by atoms with Gasteiger partial charge in [0.2, 0.25) is 10.0 Å². The van der Waals surface area contributed by atoms with Crippen LogP contribution in [-0.2, 0) is 16.6 Å². The molecular formula is C14H21FN2O2S. The van der Waals surface area contributed by atoms with E-state index in [4.69, 9.17) is 0 Å². The van der Waals surface area contributed by atoms with Crippen LogP contribution in [0.3, 0.4) is 0 Å². The topological polar surface area (TPSA) is 58.2 Å². The molecule has 1 aromatic rings. The fourth-order valence-electron chi connectivity index (χ4n) is 2.41. The highest BCUT2D eigenvalue weighted by Crippen LogP contribution is 2.35. The molecule has 1 aliphatic rings. The molecule has 1 saturated carbocycles. The summed E-state index contributed by atoms with van der Waals surface area (Å²) in [6, 6.07) is 4.15. The summed E-state index contributed by atoms with van der Waals surface area (Å²) >= 11 is 0. The summed E-state index contributed by atoms with van der Waals surface area (Å²) in [5, 5.41) is 2.92. The molecule has 0 heterocycles. The van der Waals surface area contributed by atoms with Crippen molar-refractivity contribution in [1.29, 1.82) is 0 Å². The molecule has 4 nitrogen and oxygen atoms in total. The maximum atomic E-state index is 13.8. The van der Waals surface area contributed by atoms with Crippen molar-refractivity contribution in [3.8, 4) is 0 Å². The zero-order valence-corrected chi connectivity index (χ0v) is 12.6. The summed E-state index contributed by atoms with van der Waals surface area (Å²) < 4.78 is 40.9. The standard InChI is InChI=1S/C14H21FN2O2S/c1-3-4-11-8-13(11)17-20(18,19)14-7-10(9-16-2)5-6-12(14)15/h5-7,11,13,16-17H,3-4,8-9H2,1-2H3. The van der Waals surface area contributed by atoms with Crippen LogP contribution in [0.25, 0.3) is 0 Å². The van der Waals surface area contributed by atoms with Crippen LogP contribution in [-0.4, -0.2) is 21.5 Å². The van der Waals surface area contributed by atoms with Crippen molar-refractivity contribution in [1.82, 2.24) is 10.0 Å². The number of sulfonamides is 1. The highest BCUT2D eigenvalue weighted by Gasteiger charge is 2.39. The van der Waals surface area contributed by atoms with Crippen molar-refractivity contribution in [2.24, 2.45) is 5.92 Å². The molecule has 2 N–H and O–H groups in total. The lowest BCUT2D eigenvalue weighted by atomic mass is 10.2. The van der Waals surface area contributed by atoms with Crippen LogP contribution in [0, 0.1) is 11.7 Å². The molecule has 1 fully saturated rings. The van der Waals surface area contributed by atoms with Gasteiger partial charge in [0.15, 0.2) is 0 Å².